The maximum Gasteiger partial charge on any atom is 0.0502 e. The van der Waals surface area contributed by atoms with Crippen molar-refractivity contribution >= 4 is 47.0 Å². The van der Waals surface area contributed by atoms with E-state index < -0.39 is 0 Å². The van der Waals surface area contributed by atoms with Gasteiger partial charge in [0.1, 0.15) is 0 Å². The number of hydrogen-bond acceptors (Lipinski definition) is 4. The maximum absolute atomic E-state index is 2.20. The van der Waals surface area contributed by atoms with Gasteiger partial charge in [-0.2, -0.15) is 0 Å². The van der Waals surface area contributed by atoms with Gasteiger partial charge in [-0.3, -0.25) is 0 Å². The van der Waals surface area contributed by atoms with Gasteiger partial charge in [-0.15, -0.1) is 47.0 Å². The highest BCUT2D eigenvalue weighted by Gasteiger charge is 2.16. The smallest absolute Gasteiger partial charge is 0.0502 e. The van der Waals surface area contributed by atoms with Crippen LogP contribution in [-0.2, 0) is 0 Å². The molecule has 2 rings (SSSR count). The maximum atomic E-state index is 2.20. The summed E-state index contributed by atoms with van der Waals surface area (Å²) in [6.07, 6.45) is 8.70. The minimum absolute atomic E-state index is 0.931. The Kier molecular flexibility index (Phi) is 7.34. The molecule has 0 aromatic carbocycles. The molecule has 0 bridgehead atoms. The van der Waals surface area contributed by atoms with Crippen LogP contribution >= 0.6 is 47.0 Å². The molecule has 0 aliphatic carbocycles. The average molecular weight is 295 g/mol. The molecule has 2 aliphatic heterocycles. The van der Waals surface area contributed by atoms with E-state index in [1.54, 1.807) is 0 Å². The summed E-state index contributed by atoms with van der Waals surface area (Å²) in [4.78, 5) is 0. The second kappa shape index (κ2) is 8.49. The Bertz CT molecular complexity index is 154. The second-order valence-corrected chi connectivity index (χ2v) is 10.2. The normalized spacial score (nSPS) is 24.8. The minimum Gasteiger partial charge on any atom is -0.148 e. The molecule has 0 aromatic heterocycles. The van der Waals surface area contributed by atoms with Gasteiger partial charge in [0.2, 0.25) is 0 Å². The van der Waals surface area contributed by atoms with Crippen LogP contribution in [0.15, 0.2) is 0 Å². The van der Waals surface area contributed by atoms with Crippen LogP contribution < -0.4 is 0 Å². The lowest BCUT2D eigenvalue weighted by atomic mass is 10.2. The van der Waals surface area contributed by atoms with E-state index >= 15 is 0 Å². The zero-order valence-corrected chi connectivity index (χ0v) is 13.1. The van der Waals surface area contributed by atoms with Crippen LogP contribution in [0.2, 0.25) is 0 Å². The summed E-state index contributed by atoms with van der Waals surface area (Å²) >= 11 is 8.81. The number of unbranched alkanes of at least 4 members (excludes halogenated alkanes) is 1. The summed E-state index contributed by atoms with van der Waals surface area (Å²) in [5.41, 5.74) is 0. The van der Waals surface area contributed by atoms with Crippen molar-refractivity contribution in [2.45, 2.75) is 47.7 Å². The van der Waals surface area contributed by atoms with Crippen molar-refractivity contribution in [3.05, 3.63) is 0 Å². The summed E-state index contributed by atoms with van der Waals surface area (Å²) < 4.78 is 1.86. The van der Waals surface area contributed by atoms with Gasteiger partial charge in [0.15, 0.2) is 0 Å². The molecule has 94 valence electrons. The quantitative estimate of drug-likeness (QED) is 0.658. The first-order chi connectivity index (χ1) is 7.95. The molecule has 0 atom stereocenters. The molecule has 0 radical (unpaired) electrons. The van der Waals surface area contributed by atoms with Crippen LogP contribution in [-0.4, -0.2) is 32.2 Å². The first-order valence-corrected chi connectivity index (χ1v) is 10.6. The molecule has 0 N–H and O–H groups in total. The molecule has 16 heavy (non-hydrogen) atoms. The van der Waals surface area contributed by atoms with Crippen molar-refractivity contribution in [2.75, 3.05) is 23.0 Å². The number of rotatable bonds is 5. The third-order valence-electron chi connectivity index (χ3n) is 2.92. The predicted octanol–water partition coefficient (Wildman–Crippen LogP) is 4.94. The van der Waals surface area contributed by atoms with Gasteiger partial charge >= 0.3 is 0 Å². The van der Waals surface area contributed by atoms with E-state index in [1.807, 2.05) is 0 Å². The molecule has 0 saturated carbocycles. The predicted molar refractivity (Wildman–Crippen MR) is 85.1 cm³/mol. The van der Waals surface area contributed by atoms with Crippen LogP contribution in [0.25, 0.3) is 0 Å². The van der Waals surface area contributed by atoms with Gasteiger partial charge in [-0.25, -0.2) is 0 Å². The Hall–Kier alpha value is 1.40. The fourth-order valence-electron chi connectivity index (χ4n) is 2.03. The van der Waals surface area contributed by atoms with Crippen molar-refractivity contribution < 1.29 is 0 Å². The first-order valence-electron chi connectivity index (χ1n) is 6.41. The van der Waals surface area contributed by atoms with Gasteiger partial charge in [-0.1, -0.05) is 12.8 Å². The van der Waals surface area contributed by atoms with Crippen molar-refractivity contribution in [3.63, 3.8) is 0 Å². The molecule has 0 aromatic rings. The summed E-state index contributed by atoms with van der Waals surface area (Å²) in [5, 5.41) is 0. The van der Waals surface area contributed by atoms with Crippen LogP contribution in [0.4, 0.5) is 0 Å². The second-order valence-electron chi connectivity index (χ2n) is 4.33. The van der Waals surface area contributed by atoms with E-state index in [0.29, 0.717) is 0 Å². The van der Waals surface area contributed by atoms with Gasteiger partial charge in [0.25, 0.3) is 0 Å². The lowest BCUT2D eigenvalue weighted by Gasteiger charge is -2.22. The van der Waals surface area contributed by atoms with Crippen LogP contribution in [0.3, 0.4) is 0 Å². The van der Waals surface area contributed by atoms with E-state index in [0.717, 1.165) is 9.16 Å². The Balaban J connectivity index is 1.47. The topological polar surface area (TPSA) is 0 Å². The lowest BCUT2D eigenvalue weighted by molar-refractivity contribution is 0.689. The third-order valence-corrected chi connectivity index (χ3v) is 9.08. The largest absolute Gasteiger partial charge is 0.148 e. The van der Waals surface area contributed by atoms with E-state index in [9.17, 15) is 0 Å². The molecule has 0 spiro atoms. The average Bonchev–Trinajstić information content (AvgIpc) is 2.37. The molecular formula is C12H22S4. The molecular weight excluding hydrogens is 272 g/mol. The fourth-order valence-corrected chi connectivity index (χ4v) is 7.95. The van der Waals surface area contributed by atoms with Crippen LogP contribution in [0.5, 0.6) is 0 Å². The van der Waals surface area contributed by atoms with Crippen molar-refractivity contribution in [1.82, 2.24) is 0 Å². The molecule has 2 aliphatic rings. The van der Waals surface area contributed by atoms with E-state index in [2.05, 4.69) is 47.0 Å². The Labute approximate surface area is 117 Å². The summed E-state index contributed by atoms with van der Waals surface area (Å²) in [7, 11) is 0. The Morgan fingerprint density at radius 3 is 1.38 bits per heavy atom. The summed E-state index contributed by atoms with van der Waals surface area (Å²) in [6, 6.07) is 0. The van der Waals surface area contributed by atoms with E-state index in [-0.39, 0.29) is 0 Å². The van der Waals surface area contributed by atoms with Gasteiger partial charge in [0.05, 0.1) is 9.16 Å². The highest BCUT2D eigenvalue weighted by Crippen LogP contribution is 2.36. The van der Waals surface area contributed by atoms with Crippen molar-refractivity contribution in [1.29, 1.82) is 0 Å². The Morgan fingerprint density at radius 2 is 1.00 bits per heavy atom. The van der Waals surface area contributed by atoms with Gasteiger partial charge in [-0.05, 0) is 48.7 Å². The molecule has 0 nitrogen and oxygen atoms in total. The summed E-state index contributed by atoms with van der Waals surface area (Å²) in [5.74, 6) is 5.63. The molecule has 2 saturated heterocycles. The van der Waals surface area contributed by atoms with Crippen molar-refractivity contribution in [3.8, 4) is 0 Å². The third kappa shape index (κ3) is 5.36. The monoisotopic (exact) mass is 294 g/mol. The first kappa shape index (κ1) is 13.8. The van der Waals surface area contributed by atoms with Gasteiger partial charge < -0.3 is 0 Å². The highest BCUT2D eigenvalue weighted by molar-refractivity contribution is 8.17. The lowest BCUT2D eigenvalue weighted by Crippen LogP contribution is -2.08. The van der Waals surface area contributed by atoms with E-state index in [1.165, 1.54) is 61.5 Å². The fraction of sp³-hybridized carbons (Fsp3) is 1.00. The summed E-state index contributed by atoms with van der Waals surface area (Å²) in [6.45, 7) is 0. The van der Waals surface area contributed by atoms with Gasteiger partial charge in [0, 0.05) is 0 Å². The zero-order valence-electron chi connectivity index (χ0n) is 9.86. The standard InChI is InChI=1S/C12H22S4/c1(5-11-13-7-3-8-14-11)2-6-12-15-9-4-10-16-12/h11-12H,1-10H2. The number of thioether (sulfide) groups is 4. The Morgan fingerprint density at radius 1 is 0.625 bits per heavy atom. The molecule has 0 unspecified atom stereocenters. The molecule has 4 heteroatoms. The highest BCUT2D eigenvalue weighted by atomic mass is 32.2. The number of hydrogen-bond donors (Lipinski definition) is 0. The van der Waals surface area contributed by atoms with Crippen LogP contribution in [0, 0.1) is 0 Å². The molecule has 2 fully saturated rings. The van der Waals surface area contributed by atoms with Crippen molar-refractivity contribution in [2.24, 2.45) is 0 Å². The zero-order chi connectivity index (χ0) is 11.1. The van der Waals surface area contributed by atoms with E-state index in [4.69, 9.17) is 0 Å². The minimum atomic E-state index is 0.931. The van der Waals surface area contributed by atoms with Crippen LogP contribution in [0.1, 0.15) is 38.5 Å². The molecule has 2 heterocycles. The molecule has 0 amide bonds. The SMILES string of the molecule is C1CSC(CCCCC2SCCCS2)SC1.